The van der Waals surface area contributed by atoms with Crippen molar-refractivity contribution in [3.63, 3.8) is 0 Å². The average Bonchev–Trinajstić information content (AvgIpc) is 2.70. The number of rotatable bonds is 5. The molecule has 0 N–H and O–H groups in total. The van der Waals surface area contributed by atoms with E-state index in [0.717, 1.165) is 63.5 Å². The van der Waals surface area contributed by atoms with Gasteiger partial charge in [-0.15, -0.1) is 0 Å². The maximum Gasteiger partial charge on any atom is 0.196 e. The third kappa shape index (κ3) is 5.59. The van der Waals surface area contributed by atoms with E-state index in [4.69, 9.17) is 10.00 Å². The van der Waals surface area contributed by atoms with Gasteiger partial charge in [-0.2, -0.15) is 9.65 Å². The highest BCUT2D eigenvalue weighted by Gasteiger charge is 2.26. The predicted molar refractivity (Wildman–Crippen MR) is 97.6 cm³/mol. The molecule has 1 aromatic rings. The van der Waals surface area contributed by atoms with Crippen molar-refractivity contribution in [2.75, 3.05) is 6.61 Å². The molecule has 0 bridgehead atoms. The van der Waals surface area contributed by atoms with Gasteiger partial charge < -0.3 is 4.74 Å². The first kappa shape index (κ1) is 19.9. The van der Waals surface area contributed by atoms with Gasteiger partial charge in [-0.25, -0.2) is 8.78 Å². The largest absolute Gasteiger partial charge is 0.378 e. The number of hydrogen-bond acceptors (Lipinski definition) is 2. The van der Waals surface area contributed by atoms with Crippen LogP contribution in [0.15, 0.2) is 30.1 Å². The molecule has 0 aliphatic heterocycles. The molecule has 5 heteroatoms. The first-order chi connectivity index (χ1) is 13.0. The molecule has 27 heavy (non-hydrogen) atoms. The van der Waals surface area contributed by atoms with Gasteiger partial charge in [-0.1, -0.05) is 6.07 Å². The predicted octanol–water partition coefficient (Wildman–Crippen LogP) is 6.19. The van der Waals surface area contributed by atoms with E-state index in [1.165, 1.54) is 24.3 Å². The Bertz CT molecular complexity index is 696. The maximum absolute atomic E-state index is 13.4. The zero-order valence-corrected chi connectivity index (χ0v) is 15.5. The lowest BCUT2D eigenvalue weighted by Crippen LogP contribution is -2.25. The molecule has 0 heterocycles. The summed E-state index contributed by atoms with van der Waals surface area (Å²) >= 11 is 0. The first-order valence-electron chi connectivity index (χ1n) is 9.89. The van der Waals surface area contributed by atoms with Gasteiger partial charge in [0.05, 0.1) is 6.10 Å². The van der Waals surface area contributed by atoms with Gasteiger partial charge in [0.15, 0.2) is 17.5 Å². The second kappa shape index (κ2) is 9.41. The van der Waals surface area contributed by atoms with Crippen molar-refractivity contribution >= 4 is 0 Å². The highest BCUT2D eigenvalue weighted by atomic mass is 19.2. The third-order valence-corrected chi connectivity index (χ3v) is 6.04. The molecule has 3 rings (SSSR count). The monoisotopic (exact) mass is 377 g/mol. The molecule has 2 fully saturated rings. The Hall–Kier alpha value is -1.80. The van der Waals surface area contributed by atoms with Crippen molar-refractivity contribution in [1.82, 2.24) is 0 Å². The molecule has 0 amide bonds. The van der Waals surface area contributed by atoms with E-state index in [1.807, 2.05) is 0 Å². The van der Waals surface area contributed by atoms with Crippen molar-refractivity contribution in [2.24, 2.45) is 11.8 Å². The van der Waals surface area contributed by atoms with Gasteiger partial charge in [-0.3, -0.25) is 0 Å². The fraction of sp³-hybridized carbons (Fsp3) is 0.591. The van der Waals surface area contributed by atoms with Crippen LogP contribution in [0.25, 0.3) is 0 Å². The number of nitriles is 1. The molecule has 0 aromatic heterocycles. The van der Waals surface area contributed by atoms with Crippen LogP contribution >= 0.6 is 0 Å². The summed E-state index contributed by atoms with van der Waals surface area (Å²) in [5.74, 6) is -1.28. The second-order valence-corrected chi connectivity index (χ2v) is 7.89. The molecule has 0 radical (unpaired) electrons. The van der Waals surface area contributed by atoms with E-state index >= 15 is 0 Å². The van der Waals surface area contributed by atoms with Gasteiger partial charge in [0, 0.05) is 6.61 Å². The van der Waals surface area contributed by atoms with Crippen LogP contribution in [0.3, 0.4) is 0 Å². The topological polar surface area (TPSA) is 33.0 Å². The van der Waals surface area contributed by atoms with Crippen LogP contribution in [0.1, 0.15) is 62.8 Å². The summed E-state index contributed by atoms with van der Waals surface area (Å²) < 4.78 is 45.6. The molecule has 2 aliphatic rings. The summed E-state index contributed by atoms with van der Waals surface area (Å²) in [5.41, 5.74) is 0.893. The van der Waals surface area contributed by atoms with Gasteiger partial charge >= 0.3 is 0 Å². The van der Waals surface area contributed by atoms with Crippen molar-refractivity contribution < 1.29 is 17.9 Å². The summed E-state index contributed by atoms with van der Waals surface area (Å²) in [4.78, 5) is 0. The zero-order chi connectivity index (χ0) is 19.2. The number of benzene rings is 1. The Morgan fingerprint density at radius 1 is 1.04 bits per heavy atom. The van der Waals surface area contributed by atoms with Crippen LogP contribution in [0.5, 0.6) is 0 Å². The minimum atomic E-state index is -0.790. The number of halogens is 3. The highest BCUT2D eigenvalue weighted by molar-refractivity contribution is 5.22. The van der Waals surface area contributed by atoms with Gasteiger partial charge in [-0.05, 0) is 92.9 Å². The lowest BCUT2D eigenvalue weighted by atomic mass is 9.79. The summed E-state index contributed by atoms with van der Waals surface area (Å²) in [7, 11) is 0. The second-order valence-electron chi connectivity index (χ2n) is 7.89. The number of ether oxygens (including phenoxy) is 1. The Balaban J connectivity index is 1.38. The van der Waals surface area contributed by atoms with E-state index in [-0.39, 0.29) is 12.0 Å². The van der Waals surface area contributed by atoms with E-state index < -0.39 is 17.5 Å². The number of nitrogens with zero attached hydrogens (tertiary/aromatic N) is 1. The third-order valence-electron chi connectivity index (χ3n) is 6.04. The summed E-state index contributed by atoms with van der Waals surface area (Å²) in [5, 5.41) is 8.51. The molecule has 1 aromatic carbocycles. The standard InChI is InChI=1S/C22H26F3NO/c23-19(13-26)11-15-3-8-20(9-4-15)27-14-16-1-5-17(6-2-16)18-7-10-21(24)22(25)12-18/h7,10-12,15-17,20H,1-6,8-9,14H2. The van der Waals surface area contributed by atoms with Crippen molar-refractivity contribution in [1.29, 1.82) is 5.26 Å². The van der Waals surface area contributed by atoms with Gasteiger partial charge in [0.2, 0.25) is 0 Å². The van der Waals surface area contributed by atoms with E-state index in [0.29, 0.717) is 11.8 Å². The summed E-state index contributed by atoms with van der Waals surface area (Å²) in [6, 6.07) is 5.78. The molecule has 2 aliphatic carbocycles. The zero-order valence-electron chi connectivity index (χ0n) is 15.5. The van der Waals surface area contributed by atoms with Crippen molar-refractivity contribution in [2.45, 2.75) is 63.4 Å². The molecular weight excluding hydrogens is 351 g/mol. The SMILES string of the molecule is N#CC(F)=CC1CCC(OCC2CCC(c3ccc(F)c(F)c3)CC2)CC1. The van der Waals surface area contributed by atoms with Crippen LogP contribution in [0.4, 0.5) is 13.2 Å². The number of hydrogen-bond donors (Lipinski definition) is 0. The Morgan fingerprint density at radius 3 is 2.37 bits per heavy atom. The van der Waals surface area contributed by atoms with Crippen molar-refractivity contribution in [3.8, 4) is 6.07 Å². The molecular formula is C22H26F3NO. The molecule has 2 saturated carbocycles. The van der Waals surface area contributed by atoms with Crippen molar-refractivity contribution in [3.05, 3.63) is 47.3 Å². The smallest absolute Gasteiger partial charge is 0.196 e. The Kier molecular flexibility index (Phi) is 6.95. The maximum atomic E-state index is 13.4. The fourth-order valence-corrected chi connectivity index (χ4v) is 4.37. The fourth-order valence-electron chi connectivity index (χ4n) is 4.37. The minimum absolute atomic E-state index is 0.149. The summed E-state index contributed by atoms with van der Waals surface area (Å²) in [6.07, 6.45) is 9.23. The molecule has 0 atom stereocenters. The summed E-state index contributed by atoms with van der Waals surface area (Å²) in [6.45, 7) is 0.738. The molecule has 146 valence electrons. The first-order valence-corrected chi connectivity index (χ1v) is 9.89. The number of allylic oxidation sites excluding steroid dienone is 2. The minimum Gasteiger partial charge on any atom is -0.378 e. The average molecular weight is 377 g/mol. The van der Waals surface area contributed by atoms with Crippen LogP contribution in [-0.4, -0.2) is 12.7 Å². The van der Waals surface area contributed by atoms with E-state index in [1.54, 1.807) is 6.07 Å². The highest BCUT2D eigenvalue weighted by Crippen LogP contribution is 2.37. The molecule has 0 saturated heterocycles. The van der Waals surface area contributed by atoms with E-state index in [9.17, 15) is 13.2 Å². The van der Waals surface area contributed by atoms with Crippen LogP contribution in [-0.2, 0) is 4.74 Å². The van der Waals surface area contributed by atoms with Crippen LogP contribution in [0, 0.1) is 34.8 Å². The van der Waals surface area contributed by atoms with Gasteiger partial charge in [0.1, 0.15) is 6.07 Å². The van der Waals surface area contributed by atoms with Crippen LogP contribution < -0.4 is 0 Å². The lowest BCUT2D eigenvalue weighted by molar-refractivity contribution is -0.00466. The van der Waals surface area contributed by atoms with Gasteiger partial charge in [0.25, 0.3) is 0 Å². The molecule has 2 nitrogen and oxygen atoms in total. The van der Waals surface area contributed by atoms with E-state index in [2.05, 4.69) is 0 Å². The molecule has 0 spiro atoms. The molecule has 0 unspecified atom stereocenters. The normalized spacial score (nSPS) is 29.3. The Labute approximate surface area is 159 Å². The quantitative estimate of drug-likeness (QED) is 0.573. The van der Waals surface area contributed by atoms with Crippen LogP contribution in [0.2, 0.25) is 0 Å². The lowest BCUT2D eigenvalue weighted by Gasteiger charge is -2.32. The Morgan fingerprint density at radius 2 is 1.74 bits per heavy atom.